The van der Waals surface area contributed by atoms with Gasteiger partial charge in [0.05, 0.1) is 11.3 Å². The van der Waals surface area contributed by atoms with Gasteiger partial charge in [0.25, 0.3) is 5.69 Å². The number of non-ortho nitro benzene ring substituents is 1. The third-order valence-corrected chi connectivity index (χ3v) is 2.15. The highest BCUT2D eigenvalue weighted by Crippen LogP contribution is 2.13. The molecule has 0 unspecified atom stereocenters. The van der Waals surface area contributed by atoms with Crippen LogP contribution in [0.5, 0.6) is 0 Å². The van der Waals surface area contributed by atoms with E-state index in [1.54, 1.807) is 6.07 Å². The number of nitrogens with zero attached hydrogens (tertiary/aromatic N) is 1. The summed E-state index contributed by atoms with van der Waals surface area (Å²) < 4.78 is 0. The van der Waals surface area contributed by atoms with E-state index in [-0.39, 0.29) is 18.7 Å². The summed E-state index contributed by atoms with van der Waals surface area (Å²) in [6.07, 6.45) is 2.46. The summed E-state index contributed by atoms with van der Waals surface area (Å²) in [4.78, 5) is 31.5. The van der Waals surface area contributed by atoms with E-state index in [9.17, 15) is 19.7 Å². The van der Waals surface area contributed by atoms with Crippen molar-refractivity contribution in [2.75, 3.05) is 6.54 Å². The first kappa shape index (κ1) is 14.4. The summed E-state index contributed by atoms with van der Waals surface area (Å²) in [7, 11) is 0. The third-order valence-electron chi connectivity index (χ3n) is 2.15. The lowest BCUT2D eigenvalue weighted by Crippen LogP contribution is -2.23. The quantitative estimate of drug-likeness (QED) is 0.455. The first-order valence-electron chi connectivity index (χ1n) is 5.41. The highest BCUT2D eigenvalue weighted by molar-refractivity contribution is 5.91. The SMILES string of the molecule is O=C(O)CCNC(=O)C=Cc1cccc([N+](=O)[O-])c1. The smallest absolute Gasteiger partial charge is 0.305 e. The van der Waals surface area contributed by atoms with Crippen LogP contribution in [0.4, 0.5) is 5.69 Å². The fourth-order valence-electron chi connectivity index (χ4n) is 1.27. The van der Waals surface area contributed by atoms with E-state index in [2.05, 4.69) is 5.32 Å². The maximum atomic E-state index is 11.3. The fourth-order valence-corrected chi connectivity index (χ4v) is 1.27. The Morgan fingerprint density at radius 1 is 1.42 bits per heavy atom. The summed E-state index contributed by atoms with van der Waals surface area (Å²) in [6.45, 7) is 0.0352. The minimum atomic E-state index is -0.997. The van der Waals surface area contributed by atoms with Gasteiger partial charge in [-0.15, -0.1) is 0 Å². The van der Waals surface area contributed by atoms with Crippen LogP contribution in [0.3, 0.4) is 0 Å². The van der Waals surface area contributed by atoms with Gasteiger partial charge in [0.1, 0.15) is 0 Å². The lowest BCUT2D eigenvalue weighted by atomic mass is 10.2. The van der Waals surface area contributed by atoms with E-state index in [0.717, 1.165) is 0 Å². The van der Waals surface area contributed by atoms with E-state index in [1.807, 2.05) is 0 Å². The Hall–Kier alpha value is -2.70. The predicted octanol–water partition coefficient (Wildman–Crippen LogP) is 1.20. The van der Waals surface area contributed by atoms with Crippen molar-refractivity contribution in [1.29, 1.82) is 0 Å². The van der Waals surface area contributed by atoms with Gasteiger partial charge in [-0.25, -0.2) is 0 Å². The molecule has 0 saturated heterocycles. The van der Waals surface area contributed by atoms with Crippen molar-refractivity contribution in [3.8, 4) is 0 Å². The standard InChI is InChI=1S/C12H12N2O5/c15-11(13-7-6-12(16)17)5-4-9-2-1-3-10(8-9)14(18)19/h1-5,8H,6-7H2,(H,13,15)(H,16,17). The Kier molecular flexibility index (Phi) is 5.21. The van der Waals surface area contributed by atoms with Crippen LogP contribution in [-0.2, 0) is 9.59 Å². The zero-order valence-electron chi connectivity index (χ0n) is 9.91. The van der Waals surface area contributed by atoms with E-state index in [0.29, 0.717) is 5.56 Å². The van der Waals surface area contributed by atoms with Crippen molar-refractivity contribution in [2.45, 2.75) is 6.42 Å². The van der Waals surface area contributed by atoms with Gasteiger partial charge in [0, 0.05) is 24.8 Å². The van der Waals surface area contributed by atoms with E-state index < -0.39 is 16.8 Å². The normalized spacial score (nSPS) is 10.3. The number of nitro benzene ring substituents is 1. The van der Waals surface area contributed by atoms with Crippen molar-refractivity contribution in [3.05, 3.63) is 46.0 Å². The van der Waals surface area contributed by atoms with Gasteiger partial charge < -0.3 is 10.4 Å². The first-order valence-corrected chi connectivity index (χ1v) is 5.41. The molecule has 1 aromatic carbocycles. The Bertz CT molecular complexity index is 525. The average Bonchev–Trinajstić information content (AvgIpc) is 2.36. The number of nitrogens with one attached hydrogen (secondary N) is 1. The number of nitro groups is 1. The zero-order valence-corrected chi connectivity index (χ0v) is 9.91. The molecule has 1 amide bonds. The van der Waals surface area contributed by atoms with Gasteiger partial charge in [-0.2, -0.15) is 0 Å². The predicted molar refractivity (Wildman–Crippen MR) is 67.4 cm³/mol. The maximum Gasteiger partial charge on any atom is 0.305 e. The van der Waals surface area contributed by atoms with E-state index >= 15 is 0 Å². The molecule has 0 aliphatic rings. The number of carboxylic acids is 1. The number of carbonyl (C=O) groups is 2. The number of carbonyl (C=O) groups excluding carboxylic acids is 1. The number of aliphatic carboxylic acids is 1. The number of hydrogen-bond donors (Lipinski definition) is 2. The minimum Gasteiger partial charge on any atom is -0.481 e. The molecule has 19 heavy (non-hydrogen) atoms. The van der Waals surface area contributed by atoms with Crippen LogP contribution in [0.1, 0.15) is 12.0 Å². The van der Waals surface area contributed by atoms with Crippen molar-refractivity contribution >= 4 is 23.6 Å². The minimum absolute atomic E-state index is 0.0352. The molecule has 0 heterocycles. The molecule has 0 saturated carbocycles. The summed E-state index contributed by atoms with van der Waals surface area (Å²) in [6, 6.07) is 5.82. The molecule has 0 atom stereocenters. The van der Waals surface area contributed by atoms with Crippen LogP contribution in [0.2, 0.25) is 0 Å². The van der Waals surface area contributed by atoms with Crippen LogP contribution in [0.15, 0.2) is 30.3 Å². The first-order chi connectivity index (χ1) is 8.99. The third kappa shape index (κ3) is 5.44. The van der Waals surface area contributed by atoms with Crippen LogP contribution < -0.4 is 5.32 Å². The zero-order chi connectivity index (χ0) is 14.3. The molecule has 7 nitrogen and oxygen atoms in total. The molecule has 0 fully saturated rings. The molecule has 1 rings (SSSR count). The topological polar surface area (TPSA) is 110 Å². The monoisotopic (exact) mass is 264 g/mol. The second-order valence-corrected chi connectivity index (χ2v) is 3.62. The fraction of sp³-hybridized carbons (Fsp3) is 0.167. The second-order valence-electron chi connectivity index (χ2n) is 3.62. The molecule has 1 aromatic rings. The molecule has 0 spiro atoms. The summed E-state index contributed by atoms with van der Waals surface area (Å²) in [5.74, 6) is -1.45. The Morgan fingerprint density at radius 3 is 2.79 bits per heavy atom. The molecule has 0 aromatic heterocycles. The molecular formula is C12H12N2O5. The van der Waals surface area contributed by atoms with Gasteiger partial charge >= 0.3 is 5.97 Å². The Labute approximate surface area is 108 Å². The molecule has 7 heteroatoms. The Balaban J connectivity index is 2.56. The molecule has 0 aliphatic heterocycles. The second kappa shape index (κ2) is 6.90. The summed E-state index contributed by atoms with van der Waals surface area (Å²) >= 11 is 0. The lowest BCUT2D eigenvalue weighted by Gasteiger charge is -1.98. The molecule has 0 bridgehead atoms. The molecule has 2 N–H and O–H groups in total. The van der Waals surface area contributed by atoms with Gasteiger partial charge in [-0.3, -0.25) is 19.7 Å². The van der Waals surface area contributed by atoms with Crippen molar-refractivity contribution in [3.63, 3.8) is 0 Å². The highest BCUT2D eigenvalue weighted by Gasteiger charge is 2.04. The number of amides is 1. The number of rotatable bonds is 6. The van der Waals surface area contributed by atoms with Gasteiger partial charge in [-0.1, -0.05) is 12.1 Å². The summed E-state index contributed by atoms with van der Waals surface area (Å²) in [5, 5.41) is 21.3. The van der Waals surface area contributed by atoms with Crippen molar-refractivity contribution in [1.82, 2.24) is 5.32 Å². The lowest BCUT2D eigenvalue weighted by molar-refractivity contribution is -0.384. The van der Waals surface area contributed by atoms with Crippen LogP contribution in [-0.4, -0.2) is 28.5 Å². The molecule has 0 radical (unpaired) electrons. The van der Waals surface area contributed by atoms with Gasteiger partial charge in [0.15, 0.2) is 0 Å². The van der Waals surface area contributed by atoms with E-state index in [1.165, 1.54) is 30.4 Å². The van der Waals surface area contributed by atoms with Crippen molar-refractivity contribution in [2.24, 2.45) is 0 Å². The molecule has 0 aliphatic carbocycles. The Morgan fingerprint density at radius 2 is 2.16 bits per heavy atom. The van der Waals surface area contributed by atoms with Crippen LogP contribution in [0, 0.1) is 10.1 Å². The summed E-state index contributed by atoms with van der Waals surface area (Å²) in [5.41, 5.74) is 0.455. The average molecular weight is 264 g/mol. The highest BCUT2D eigenvalue weighted by atomic mass is 16.6. The van der Waals surface area contributed by atoms with Gasteiger partial charge in [-0.05, 0) is 11.6 Å². The van der Waals surface area contributed by atoms with Gasteiger partial charge in [0.2, 0.25) is 5.91 Å². The largest absolute Gasteiger partial charge is 0.481 e. The maximum absolute atomic E-state index is 11.3. The molecular weight excluding hydrogens is 252 g/mol. The van der Waals surface area contributed by atoms with Crippen molar-refractivity contribution < 1.29 is 19.6 Å². The van der Waals surface area contributed by atoms with E-state index in [4.69, 9.17) is 5.11 Å². The van der Waals surface area contributed by atoms with Crippen LogP contribution in [0.25, 0.3) is 6.08 Å². The number of benzene rings is 1. The van der Waals surface area contributed by atoms with Crippen LogP contribution >= 0.6 is 0 Å². The number of hydrogen-bond acceptors (Lipinski definition) is 4. The molecule has 100 valence electrons. The number of carboxylic acid groups (broad SMARTS) is 1.